The first kappa shape index (κ1) is 18.8. The van der Waals surface area contributed by atoms with Crippen LogP contribution in [-0.2, 0) is 9.47 Å². The Morgan fingerprint density at radius 2 is 1.53 bits per heavy atom. The van der Waals surface area contributed by atoms with E-state index < -0.39 is 0 Å². The first-order valence-corrected chi connectivity index (χ1v) is 7.46. The van der Waals surface area contributed by atoms with Crippen molar-refractivity contribution in [3.63, 3.8) is 0 Å². The molecule has 4 heteroatoms. The lowest BCUT2D eigenvalue weighted by Crippen LogP contribution is -2.31. The quantitative estimate of drug-likeness (QED) is 0.523. The predicted octanol–water partition coefficient (Wildman–Crippen LogP) is 2.13. The Bertz CT molecular complexity index is 199. The van der Waals surface area contributed by atoms with Crippen LogP contribution in [0.15, 0.2) is 0 Å². The highest BCUT2D eigenvalue weighted by atomic mass is 16.5. The predicted molar refractivity (Wildman–Crippen MR) is 81.5 cm³/mol. The Kier molecular flexibility index (Phi) is 11.6. The lowest BCUT2D eigenvalue weighted by atomic mass is 9.84. The van der Waals surface area contributed by atoms with E-state index in [1.54, 1.807) is 14.2 Å². The topological polar surface area (TPSA) is 47.7 Å². The first-order chi connectivity index (χ1) is 9.05. The lowest BCUT2D eigenvalue weighted by Gasteiger charge is -2.27. The molecule has 0 rings (SSSR count). The average Bonchev–Trinajstić information content (AvgIpc) is 2.35. The fraction of sp³-hybridized carbons (Fsp3) is 1.00. The van der Waals surface area contributed by atoms with Gasteiger partial charge >= 0.3 is 0 Å². The normalized spacial score (nSPS) is 12.3. The molecule has 116 valence electrons. The van der Waals surface area contributed by atoms with Crippen LogP contribution in [0.25, 0.3) is 0 Å². The molecule has 0 heterocycles. The standard InChI is InChI=1S/C15H34N2O2/c1-15(2,8-9-16)7-5-10-17(12-14-19-4)11-6-13-18-3/h5-14,16H2,1-4H3. The molecule has 4 nitrogen and oxygen atoms in total. The lowest BCUT2D eigenvalue weighted by molar-refractivity contribution is 0.128. The number of methoxy groups -OCH3 is 2. The third-order valence-corrected chi connectivity index (χ3v) is 3.58. The van der Waals surface area contributed by atoms with Crippen molar-refractivity contribution >= 4 is 0 Å². The fourth-order valence-corrected chi connectivity index (χ4v) is 2.29. The molecule has 0 aliphatic rings. The van der Waals surface area contributed by atoms with E-state index in [9.17, 15) is 0 Å². The molecule has 0 aromatic carbocycles. The van der Waals surface area contributed by atoms with Crippen LogP contribution >= 0.6 is 0 Å². The minimum Gasteiger partial charge on any atom is -0.385 e. The van der Waals surface area contributed by atoms with Gasteiger partial charge < -0.3 is 20.1 Å². The minimum atomic E-state index is 0.369. The van der Waals surface area contributed by atoms with Gasteiger partial charge in [0.1, 0.15) is 0 Å². The van der Waals surface area contributed by atoms with E-state index in [4.69, 9.17) is 15.2 Å². The van der Waals surface area contributed by atoms with Crippen LogP contribution in [-0.4, -0.2) is 58.5 Å². The van der Waals surface area contributed by atoms with Crippen molar-refractivity contribution < 1.29 is 9.47 Å². The van der Waals surface area contributed by atoms with E-state index in [1.165, 1.54) is 12.8 Å². The summed E-state index contributed by atoms with van der Waals surface area (Å²) in [6.45, 7) is 10.3. The van der Waals surface area contributed by atoms with Crippen molar-refractivity contribution in [2.45, 2.75) is 39.5 Å². The van der Waals surface area contributed by atoms with Crippen LogP contribution in [0.3, 0.4) is 0 Å². The van der Waals surface area contributed by atoms with Gasteiger partial charge in [0.15, 0.2) is 0 Å². The Morgan fingerprint density at radius 3 is 2.11 bits per heavy atom. The third kappa shape index (κ3) is 11.4. The van der Waals surface area contributed by atoms with Crippen molar-refractivity contribution in [1.82, 2.24) is 4.90 Å². The summed E-state index contributed by atoms with van der Waals surface area (Å²) in [6, 6.07) is 0. The van der Waals surface area contributed by atoms with Crippen molar-refractivity contribution in [2.24, 2.45) is 11.1 Å². The summed E-state index contributed by atoms with van der Waals surface area (Å²) in [7, 11) is 3.52. The Hall–Kier alpha value is -0.160. The largest absolute Gasteiger partial charge is 0.385 e. The van der Waals surface area contributed by atoms with Crippen LogP contribution in [0.1, 0.15) is 39.5 Å². The zero-order chi connectivity index (χ0) is 14.6. The van der Waals surface area contributed by atoms with Gasteiger partial charge in [0, 0.05) is 33.9 Å². The second-order valence-corrected chi connectivity index (χ2v) is 5.99. The molecule has 0 aromatic rings. The number of ether oxygens (including phenoxy) is 2. The Morgan fingerprint density at radius 1 is 0.895 bits per heavy atom. The number of nitrogens with zero attached hydrogens (tertiary/aromatic N) is 1. The van der Waals surface area contributed by atoms with Crippen molar-refractivity contribution in [3.8, 4) is 0 Å². The van der Waals surface area contributed by atoms with Gasteiger partial charge in [-0.2, -0.15) is 0 Å². The minimum absolute atomic E-state index is 0.369. The third-order valence-electron chi connectivity index (χ3n) is 3.58. The SMILES string of the molecule is COCCCN(CCCC(C)(C)CCN)CCOC. The molecule has 19 heavy (non-hydrogen) atoms. The highest BCUT2D eigenvalue weighted by Gasteiger charge is 2.16. The van der Waals surface area contributed by atoms with Gasteiger partial charge in [0.05, 0.1) is 6.61 Å². The molecule has 0 bridgehead atoms. The second-order valence-electron chi connectivity index (χ2n) is 5.99. The van der Waals surface area contributed by atoms with Gasteiger partial charge in [-0.15, -0.1) is 0 Å². The van der Waals surface area contributed by atoms with Gasteiger partial charge in [-0.3, -0.25) is 0 Å². The maximum Gasteiger partial charge on any atom is 0.0589 e. The van der Waals surface area contributed by atoms with Crippen molar-refractivity contribution in [3.05, 3.63) is 0 Å². The highest BCUT2D eigenvalue weighted by Crippen LogP contribution is 2.25. The molecule has 0 aliphatic heterocycles. The van der Waals surface area contributed by atoms with Gasteiger partial charge in [-0.25, -0.2) is 0 Å². The smallest absolute Gasteiger partial charge is 0.0589 e. The highest BCUT2D eigenvalue weighted by molar-refractivity contribution is 4.70. The van der Waals surface area contributed by atoms with Crippen LogP contribution in [0, 0.1) is 5.41 Å². The van der Waals surface area contributed by atoms with Gasteiger partial charge in [-0.1, -0.05) is 13.8 Å². The van der Waals surface area contributed by atoms with E-state index in [2.05, 4.69) is 18.7 Å². The summed E-state index contributed by atoms with van der Waals surface area (Å²) in [5.41, 5.74) is 6.02. The molecule has 0 fully saturated rings. The molecular weight excluding hydrogens is 240 g/mol. The van der Waals surface area contributed by atoms with E-state index in [1.807, 2.05) is 0 Å². The van der Waals surface area contributed by atoms with Crippen molar-refractivity contribution in [1.29, 1.82) is 0 Å². The van der Waals surface area contributed by atoms with Crippen LogP contribution in [0.2, 0.25) is 0 Å². The van der Waals surface area contributed by atoms with Crippen LogP contribution in [0.4, 0.5) is 0 Å². The fourth-order valence-electron chi connectivity index (χ4n) is 2.29. The summed E-state index contributed by atoms with van der Waals surface area (Å²) in [5, 5.41) is 0. The number of hydrogen-bond donors (Lipinski definition) is 1. The van der Waals surface area contributed by atoms with Crippen LogP contribution in [0.5, 0.6) is 0 Å². The van der Waals surface area contributed by atoms with Crippen LogP contribution < -0.4 is 5.73 Å². The molecule has 0 amide bonds. The number of nitrogens with two attached hydrogens (primary N) is 1. The average molecular weight is 274 g/mol. The van der Waals surface area contributed by atoms with E-state index >= 15 is 0 Å². The molecule has 0 spiro atoms. The molecule has 0 saturated heterocycles. The van der Waals surface area contributed by atoms with Crippen molar-refractivity contribution in [2.75, 3.05) is 53.6 Å². The summed E-state index contributed by atoms with van der Waals surface area (Å²) < 4.78 is 10.3. The van der Waals surface area contributed by atoms with E-state index in [0.717, 1.165) is 52.2 Å². The molecule has 0 atom stereocenters. The summed E-state index contributed by atoms with van der Waals surface area (Å²) in [6.07, 6.45) is 4.66. The molecule has 0 saturated carbocycles. The Balaban J connectivity index is 3.89. The first-order valence-electron chi connectivity index (χ1n) is 7.46. The molecule has 0 aromatic heterocycles. The zero-order valence-electron chi connectivity index (χ0n) is 13.4. The summed E-state index contributed by atoms with van der Waals surface area (Å²) in [4.78, 5) is 2.47. The molecular formula is C15H34N2O2. The number of rotatable bonds is 13. The Labute approximate surface area is 119 Å². The second kappa shape index (κ2) is 11.6. The maximum absolute atomic E-state index is 5.65. The van der Waals surface area contributed by atoms with Gasteiger partial charge in [0.2, 0.25) is 0 Å². The monoisotopic (exact) mass is 274 g/mol. The maximum atomic E-state index is 5.65. The van der Waals surface area contributed by atoms with Gasteiger partial charge in [-0.05, 0) is 44.2 Å². The van der Waals surface area contributed by atoms with E-state index in [0.29, 0.717) is 5.41 Å². The summed E-state index contributed by atoms with van der Waals surface area (Å²) >= 11 is 0. The molecule has 0 radical (unpaired) electrons. The molecule has 0 aliphatic carbocycles. The molecule has 2 N–H and O–H groups in total. The summed E-state index contributed by atoms with van der Waals surface area (Å²) in [5.74, 6) is 0. The van der Waals surface area contributed by atoms with Gasteiger partial charge in [0.25, 0.3) is 0 Å². The zero-order valence-corrected chi connectivity index (χ0v) is 13.4. The number of hydrogen-bond acceptors (Lipinski definition) is 4. The molecule has 0 unspecified atom stereocenters. The van der Waals surface area contributed by atoms with E-state index in [-0.39, 0.29) is 0 Å².